The number of anilines is 1. The van der Waals surface area contributed by atoms with Crippen LogP contribution in [0.5, 0.6) is 5.75 Å². The zero-order valence-corrected chi connectivity index (χ0v) is 16.0. The van der Waals surface area contributed by atoms with Crippen molar-refractivity contribution in [2.45, 2.75) is 45.2 Å². The van der Waals surface area contributed by atoms with Crippen LogP contribution in [0.3, 0.4) is 0 Å². The van der Waals surface area contributed by atoms with Crippen LogP contribution in [0.1, 0.15) is 33.1 Å². The fourth-order valence-corrected chi connectivity index (χ4v) is 3.28. The molecule has 8 heteroatoms. The van der Waals surface area contributed by atoms with Gasteiger partial charge in [0, 0.05) is 17.1 Å². The maximum Gasteiger partial charge on any atom is 0.270 e. The Labute approximate surface area is 158 Å². The molecule has 0 radical (unpaired) electrons. The molecule has 1 N–H and O–H groups in total. The van der Waals surface area contributed by atoms with Crippen molar-refractivity contribution in [3.05, 3.63) is 23.2 Å². The summed E-state index contributed by atoms with van der Waals surface area (Å²) in [5.41, 5.74) is 0.420. The molecule has 26 heavy (non-hydrogen) atoms. The highest BCUT2D eigenvalue weighted by atomic mass is 35.5. The first-order chi connectivity index (χ1) is 12.4. The predicted molar refractivity (Wildman–Crippen MR) is 101 cm³/mol. The second kappa shape index (κ2) is 9.43. The Morgan fingerprint density at radius 3 is 2.69 bits per heavy atom. The van der Waals surface area contributed by atoms with Crippen molar-refractivity contribution in [1.82, 2.24) is 4.90 Å². The molecule has 1 fully saturated rings. The van der Waals surface area contributed by atoms with Crippen LogP contribution in [0.25, 0.3) is 0 Å². The van der Waals surface area contributed by atoms with Gasteiger partial charge in [0.1, 0.15) is 12.0 Å². The van der Waals surface area contributed by atoms with Crippen LogP contribution in [0, 0.1) is 0 Å². The molecule has 2 atom stereocenters. The van der Waals surface area contributed by atoms with Crippen LogP contribution < -0.4 is 10.1 Å². The van der Waals surface area contributed by atoms with Crippen LogP contribution in [0.15, 0.2) is 23.4 Å². The molecular weight excluding hydrogens is 358 g/mol. The minimum absolute atomic E-state index is 0.126. The van der Waals surface area contributed by atoms with Gasteiger partial charge in [-0.3, -0.25) is 9.59 Å². The largest absolute Gasteiger partial charge is 0.495 e. The zero-order valence-electron chi connectivity index (χ0n) is 15.2. The standard InChI is InChI=1S/C18H24ClN3O4/c1-12-5-4-6-13(2)22(12)18(24)11-26-20-10-17(23)21-15-9-14(19)7-8-16(15)25-3/h7-10,12-13H,4-6,11H2,1-3H3,(H,21,23)/b20-10-/t12-,13-/m1/s1. The summed E-state index contributed by atoms with van der Waals surface area (Å²) in [6.45, 7) is 3.87. The number of oxime groups is 1. The normalized spacial score (nSPS) is 20.1. The molecule has 1 aliphatic heterocycles. The van der Waals surface area contributed by atoms with Crippen molar-refractivity contribution in [2.24, 2.45) is 5.16 Å². The molecule has 142 valence electrons. The van der Waals surface area contributed by atoms with E-state index in [0.29, 0.717) is 16.5 Å². The Kier molecular flexibility index (Phi) is 7.26. The van der Waals surface area contributed by atoms with E-state index in [1.165, 1.54) is 7.11 Å². The van der Waals surface area contributed by atoms with E-state index < -0.39 is 5.91 Å². The van der Waals surface area contributed by atoms with E-state index >= 15 is 0 Å². The number of hydrogen-bond donors (Lipinski definition) is 1. The monoisotopic (exact) mass is 381 g/mol. The Morgan fingerprint density at radius 2 is 2.04 bits per heavy atom. The van der Waals surface area contributed by atoms with Gasteiger partial charge in [-0.1, -0.05) is 16.8 Å². The number of rotatable bonds is 6. The summed E-state index contributed by atoms with van der Waals surface area (Å²) >= 11 is 5.91. The Bertz CT molecular complexity index is 670. The molecule has 1 heterocycles. The molecule has 7 nitrogen and oxygen atoms in total. The van der Waals surface area contributed by atoms with Gasteiger partial charge in [-0.05, 0) is 51.3 Å². The first-order valence-corrected chi connectivity index (χ1v) is 8.91. The van der Waals surface area contributed by atoms with Gasteiger partial charge < -0.3 is 19.8 Å². The van der Waals surface area contributed by atoms with Crippen molar-refractivity contribution >= 4 is 35.3 Å². The average molecular weight is 382 g/mol. The lowest BCUT2D eigenvalue weighted by Gasteiger charge is -2.38. The lowest BCUT2D eigenvalue weighted by atomic mass is 9.97. The van der Waals surface area contributed by atoms with Gasteiger partial charge in [0.25, 0.3) is 11.8 Å². The van der Waals surface area contributed by atoms with E-state index in [4.69, 9.17) is 21.2 Å². The SMILES string of the molecule is COc1ccc(Cl)cc1NC(=O)/C=N\OCC(=O)N1[C@H](C)CCC[C@H]1C. The molecular formula is C18H24ClN3O4. The molecule has 0 bridgehead atoms. The molecule has 0 unspecified atom stereocenters. The first-order valence-electron chi connectivity index (χ1n) is 8.53. The summed E-state index contributed by atoms with van der Waals surface area (Å²) < 4.78 is 5.15. The molecule has 0 aliphatic carbocycles. The highest BCUT2D eigenvalue weighted by Crippen LogP contribution is 2.27. The minimum atomic E-state index is -0.516. The third-order valence-electron chi connectivity index (χ3n) is 4.33. The number of piperidine rings is 1. The van der Waals surface area contributed by atoms with Crippen LogP contribution in [-0.4, -0.2) is 48.7 Å². The number of likely N-dealkylation sites (tertiary alicyclic amines) is 1. The Balaban J connectivity index is 1.84. The van der Waals surface area contributed by atoms with Crippen LogP contribution in [0.4, 0.5) is 5.69 Å². The van der Waals surface area contributed by atoms with E-state index in [2.05, 4.69) is 10.5 Å². The van der Waals surface area contributed by atoms with E-state index in [0.717, 1.165) is 25.5 Å². The molecule has 0 spiro atoms. The Hall–Kier alpha value is -2.28. The van der Waals surface area contributed by atoms with E-state index in [1.54, 1.807) is 18.2 Å². The number of halogens is 1. The zero-order chi connectivity index (χ0) is 19.1. The highest BCUT2D eigenvalue weighted by molar-refractivity contribution is 6.33. The number of amides is 2. The van der Waals surface area contributed by atoms with Gasteiger partial charge in [0.05, 0.1) is 12.8 Å². The number of carbonyl (C=O) groups is 2. The van der Waals surface area contributed by atoms with Crippen LogP contribution >= 0.6 is 11.6 Å². The van der Waals surface area contributed by atoms with Crippen molar-refractivity contribution < 1.29 is 19.2 Å². The average Bonchev–Trinajstić information content (AvgIpc) is 2.59. The summed E-state index contributed by atoms with van der Waals surface area (Å²) in [5, 5.41) is 6.63. The van der Waals surface area contributed by atoms with Gasteiger partial charge in [0.2, 0.25) is 0 Å². The van der Waals surface area contributed by atoms with Crippen molar-refractivity contribution in [2.75, 3.05) is 19.0 Å². The molecule has 1 saturated heterocycles. The predicted octanol–water partition coefficient (Wildman–Crippen LogP) is 3.08. The molecule has 2 amide bonds. The number of carbonyl (C=O) groups excluding carboxylic acids is 2. The highest BCUT2D eigenvalue weighted by Gasteiger charge is 2.28. The van der Waals surface area contributed by atoms with E-state index in [9.17, 15) is 9.59 Å². The number of benzene rings is 1. The van der Waals surface area contributed by atoms with E-state index in [1.807, 2.05) is 18.7 Å². The van der Waals surface area contributed by atoms with Crippen molar-refractivity contribution in [3.8, 4) is 5.75 Å². The minimum Gasteiger partial charge on any atom is -0.495 e. The molecule has 1 aromatic carbocycles. The molecule has 1 aliphatic rings. The summed E-state index contributed by atoms with van der Waals surface area (Å²) in [7, 11) is 1.49. The van der Waals surface area contributed by atoms with Gasteiger partial charge >= 0.3 is 0 Å². The maximum absolute atomic E-state index is 12.3. The van der Waals surface area contributed by atoms with E-state index in [-0.39, 0.29) is 24.6 Å². The number of hydrogen-bond acceptors (Lipinski definition) is 5. The fraction of sp³-hybridized carbons (Fsp3) is 0.500. The summed E-state index contributed by atoms with van der Waals surface area (Å²) in [6.07, 6.45) is 4.07. The molecule has 0 aromatic heterocycles. The van der Waals surface area contributed by atoms with Gasteiger partial charge in [-0.15, -0.1) is 0 Å². The van der Waals surface area contributed by atoms with Gasteiger partial charge in [-0.2, -0.15) is 0 Å². The maximum atomic E-state index is 12.3. The number of methoxy groups -OCH3 is 1. The third kappa shape index (κ3) is 5.36. The number of nitrogens with one attached hydrogen (secondary N) is 1. The summed E-state index contributed by atoms with van der Waals surface area (Å²) in [4.78, 5) is 31.0. The smallest absolute Gasteiger partial charge is 0.270 e. The van der Waals surface area contributed by atoms with Gasteiger partial charge in [0.15, 0.2) is 6.61 Å². The number of ether oxygens (including phenoxy) is 1. The van der Waals surface area contributed by atoms with Crippen molar-refractivity contribution in [3.63, 3.8) is 0 Å². The fourth-order valence-electron chi connectivity index (χ4n) is 3.11. The summed E-state index contributed by atoms with van der Waals surface area (Å²) in [6, 6.07) is 5.25. The Morgan fingerprint density at radius 1 is 1.35 bits per heavy atom. The second-order valence-electron chi connectivity index (χ2n) is 6.27. The first kappa shape index (κ1) is 20.0. The van der Waals surface area contributed by atoms with Crippen LogP contribution in [0.2, 0.25) is 5.02 Å². The topological polar surface area (TPSA) is 80.2 Å². The number of nitrogens with zero attached hydrogens (tertiary/aromatic N) is 2. The van der Waals surface area contributed by atoms with Gasteiger partial charge in [-0.25, -0.2) is 0 Å². The molecule has 1 aromatic rings. The quantitative estimate of drug-likeness (QED) is 0.606. The second-order valence-corrected chi connectivity index (χ2v) is 6.71. The third-order valence-corrected chi connectivity index (χ3v) is 4.57. The lowest BCUT2D eigenvalue weighted by Crippen LogP contribution is -2.48. The van der Waals surface area contributed by atoms with Crippen LogP contribution in [-0.2, 0) is 14.4 Å². The lowest BCUT2D eigenvalue weighted by molar-refractivity contribution is -0.142. The molecule has 2 rings (SSSR count). The van der Waals surface area contributed by atoms with Crippen molar-refractivity contribution in [1.29, 1.82) is 0 Å². The summed E-state index contributed by atoms with van der Waals surface area (Å²) in [5.74, 6) is -0.170. The molecule has 0 saturated carbocycles.